The molecule has 1 aromatic heterocycles. The zero-order valence-corrected chi connectivity index (χ0v) is 14.8. The molecule has 8 heteroatoms. The quantitative estimate of drug-likeness (QED) is 0.745. The summed E-state index contributed by atoms with van der Waals surface area (Å²) in [6.45, 7) is 2.03. The SMILES string of the molecule is CCC(C#N)C1CC=C(c2ncn(-c3ccc(OC(F)(F)F)cc3)n2)CC1. The highest BCUT2D eigenvalue weighted by Gasteiger charge is 2.31. The minimum absolute atomic E-state index is 0.0748. The largest absolute Gasteiger partial charge is 0.573 e. The van der Waals surface area contributed by atoms with Gasteiger partial charge >= 0.3 is 6.36 Å². The first-order chi connectivity index (χ1) is 12.9. The molecule has 2 atom stereocenters. The van der Waals surface area contributed by atoms with Crippen molar-refractivity contribution in [3.05, 3.63) is 42.5 Å². The molecule has 0 amide bonds. The number of ether oxygens (including phenoxy) is 1. The summed E-state index contributed by atoms with van der Waals surface area (Å²) in [7, 11) is 0. The van der Waals surface area contributed by atoms with Gasteiger partial charge in [0.25, 0.3) is 0 Å². The Labute approximate surface area is 155 Å². The van der Waals surface area contributed by atoms with Gasteiger partial charge < -0.3 is 4.74 Å². The molecule has 0 fully saturated rings. The van der Waals surface area contributed by atoms with Gasteiger partial charge in [-0.3, -0.25) is 0 Å². The Bertz CT molecular complexity index is 849. The lowest BCUT2D eigenvalue weighted by molar-refractivity contribution is -0.274. The number of nitrogens with zero attached hydrogens (tertiary/aromatic N) is 4. The van der Waals surface area contributed by atoms with Gasteiger partial charge in [0.2, 0.25) is 0 Å². The molecule has 0 radical (unpaired) electrons. The van der Waals surface area contributed by atoms with Gasteiger partial charge in [0.15, 0.2) is 5.82 Å². The number of aromatic nitrogens is 3. The normalized spacial score (nSPS) is 18.5. The van der Waals surface area contributed by atoms with E-state index in [1.807, 2.05) is 6.92 Å². The van der Waals surface area contributed by atoms with Crippen LogP contribution in [0.25, 0.3) is 11.3 Å². The molecular weight excluding hydrogens is 357 g/mol. The Kier molecular flexibility index (Phi) is 5.49. The van der Waals surface area contributed by atoms with E-state index in [1.54, 1.807) is 0 Å². The van der Waals surface area contributed by atoms with E-state index in [4.69, 9.17) is 0 Å². The number of halogens is 3. The van der Waals surface area contributed by atoms with Gasteiger partial charge in [0, 0.05) is 5.92 Å². The van der Waals surface area contributed by atoms with Crippen LogP contribution in [0.15, 0.2) is 36.7 Å². The van der Waals surface area contributed by atoms with Crippen molar-refractivity contribution in [1.29, 1.82) is 5.26 Å². The molecule has 0 N–H and O–H groups in total. The maximum Gasteiger partial charge on any atom is 0.573 e. The van der Waals surface area contributed by atoms with E-state index in [-0.39, 0.29) is 11.7 Å². The summed E-state index contributed by atoms with van der Waals surface area (Å²) in [6.07, 6.45) is 2.33. The number of rotatable bonds is 5. The number of alkyl halides is 3. The monoisotopic (exact) mass is 376 g/mol. The summed E-state index contributed by atoms with van der Waals surface area (Å²) < 4.78 is 42.1. The highest BCUT2D eigenvalue weighted by molar-refractivity contribution is 5.60. The van der Waals surface area contributed by atoms with E-state index < -0.39 is 6.36 Å². The molecule has 27 heavy (non-hydrogen) atoms. The maximum absolute atomic E-state index is 12.2. The Hall–Kier alpha value is -2.82. The molecule has 3 rings (SSSR count). The highest BCUT2D eigenvalue weighted by Crippen LogP contribution is 2.34. The number of hydrogen-bond acceptors (Lipinski definition) is 4. The van der Waals surface area contributed by atoms with Crippen molar-refractivity contribution in [1.82, 2.24) is 14.8 Å². The molecule has 2 aromatic rings. The standard InChI is InChI=1S/C19H19F3N4O/c1-2-13(11-23)14-3-5-15(6-4-14)18-24-12-26(25-18)16-7-9-17(10-8-16)27-19(20,21)22/h5,7-10,12-14H,2-4,6H2,1H3. The third-order valence-corrected chi connectivity index (χ3v) is 4.74. The zero-order valence-electron chi connectivity index (χ0n) is 14.8. The zero-order chi connectivity index (χ0) is 19.4. The molecular formula is C19H19F3N4O. The summed E-state index contributed by atoms with van der Waals surface area (Å²) in [5.41, 5.74) is 1.63. The molecule has 1 aromatic carbocycles. The van der Waals surface area contributed by atoms with Crippen LogP contribution in [0.4, 0.5) is 13.2 Å². The van der Waals surface area contributed by atoms with Crippen molar-refractivity contribution in [2.24, 2.45) is 11.8 Å². The summed E-state index contributed by atoms with van der Waals surface area (Å²) in [6, 6.07) is 7.83. The Balaban J connectivity index is 1.69. The van der Waals surface area contributed by atoms with Crippen molar-refractivity contribution in [3.8, 4) is 17.5 Å². The fourth-order valence-corrected chi connectivity index (χ4v) is 3.29. The molecule has 0 spiro atoms. The van der Waals surface area contributed by atoms with Crippen LogP contribution in [0.3, 0.4) is 0 Å². The number of hydrogen-bond donors (Lipinski definition) is 0. The van der Waals surface area contributed by atoms with Gasteiger partial charge in [-0.15, -0.1) is 18.3 Å². The lowest BCUT2D eigenvalue weighted by atomic mass is 9.80. The summed E-state index contributed by atoms with van der Waals surface area (Å²) >= 11 is 0. The molecule has 142 valence electrons. The number of benzene rings is 1. The molecule has 2 unspecified atom stereocenters. The second-order valence-corrected chi connectivity index (χ2v) is 6.46. The topological polar surface area (TPSA) is 63.7 Å². The molecule has 0 saturated heterocycles. The van der Waals surface area contributed by atoms with Crippen LogP contribution in [0.1, 0.15) is 38.4 Å². The third-order valence-electron chi connectivity index (χ3n) is 4.74. The molecule has 1 aliphatic rings. The summed E-state index contributed by atoms with van der Waals surface area (Å²) in [5.74, 6) is 0.766. The predicted octanol–water partition coefficient (Wildman–Crippen LogP) is 4.90. The van der Waals surface area contributed by atoms with Crippen molar-refractivity contribution in [3.63, 3.8) is 0 Å². The molecule has 0 aliphatic heterocycles. The maximum atomic E-state index is 12.2. The summed E-state index contributed by atoms with van der Waals surface area (Å²) in [4.78, 5) is 4.32. The van der Waals surface area contributed by atoms with Crippen LogP contribution < -0.4 is 4.74 Å². The van der Waals surface area contributed by atoms with Gasteiger partial charge in [-0.2, -0.15) is 5.26 Å². The van der Waals surface area contributed by atoms with Crippen LogP contribution >= 0.6 is 0 Å². The van der Waals surface area contributed by atoms with Gasteiger partial charge in [-0.1, -0.05) is 13.0 Å². The van der Waals surface area contributed by atoms with Crippen LogP contribution in [0, 0.1) is 23.2 Å². The van der Waals surface area contributed by atoms with Crippen LogP contribution in [-0.2, 0) is 0 Å². The van der Waals surface area contributed by atoms with Crippen LogP contribution in [0.2, 0.25) is 0 Å². The molecule has 1 heterocycles. The second-order valence-electron chi connectivity index (χ2n) is 6.46. The lowest BCUT2D eigenvalue weighted by Gasteiger charge is -2.24. The van der Waals surface area contributed by atoms with Crippen molar-refractivity contribution in [2.75, 3.05) is 0 Å². The number of allylic oxidation sites excluding steroid dienone is 2. The molecule has 0 bridgehead atoms. The van der Waals surface area contributed by atoms with E-state index >= 15 is 0 Å². The number of nitriles is 1. The summed E-state index contributed by atoms with van der Waals surface area (Å²) in [5, 5.41) is 13.6. The smallest absolute Gasteiger partial charge is 0.406 e. The predicted molar refractivity (Wildman–Crippen MR) is 92.8 cm³/mol. The van der Waals surface area contributed by atoms with E-state index in [0.717, 1.165) is 31.3 Å². The van der Waals surface area contributed by atoms with Crippen molar-refractivity contribution >= 4 is 5.57 Å². The lowest BCUT2D eigenvalue weighted by Crippen LogP contribution is -2.17. The van der Waals surface area contributed by atoms with Crippen molar-refractivity contribution in [2.45, 2.75) is 39.0 Å². The first kappa shape index (κ1) is 19.0. The molecule has 0 saturated carbocycles. The minimum Gasteiger partial charge on any atom is -0.406 e. The highest BCUT2D eigenvalue weighted by atomic mass is 19.4. The van der Waals surface area contributed by atoms with Crippen LogP contribution in [-0.4, -0.2) is 21.1 Å². The molecule has 5 nitrogen and oxygen atoms in total. The average molecular weight is 376 g/mol. The fraction of sp³-hybridized carbons (Fsp3) is 0.421. The first-order valence-electron chi connectivity index (χ1n) is 8.76. The Morgan fingerprint density at radius 3 is 2.63 bits per heavy atom. The third kappa shape index (κ3) is 4.67. The second kappa shape index (κ2) is 7.82. The minimum atomic E-state index is -4.71. The fourth-order valence-electron chi connectivity index (χ4n) is 3.29. The van der Waals surface area contributed by atoms with E-state index in [1.165, 1.54) is 35.3 Å². The Morgan fingerprint density at radius 2 is 2.07 bits per heavy atom. The van der Waals surface area contributed by atoms with Crippen molar-refractivity contribution < 1.29 is 17.9 Å². The Morgan fingerprint density at radius 1 is 1.33 bits per heavy atom. The first-order valence-corrected chi connectivity index (χ1v) is 8.76. The van der Waals surface area contributed by atoms with Crippen LogP contribution in [0.5, 0.6) is 5.75 Å². The van der Waals surface area contributed by atoms with E-state index in [0.29, 0.717) is 17.4 Å². The van der Waals surface area contributed by atoms with E-state index in [9.17, 15) is 18.4 Å². The average Bonchev–Trinajstić information content (AvgIpc) is 3.13. The molecule has 1 aliphatic carbocycles. The van der Waals surface area contributed by atoms with Gasteiger partial charge in [-0.25, -0.2) is 9.67 Å². The van der Waals surface area contributed by atoms with Gasteiger partial charge in [-0.05, 0) is 61.4 Å². The van der Waals surface area contributed by atoms with Gasteiger partial charge in [0.05, 0.1) is 11.8 Å². The van der Waals surface area contributed by atoms with Gasteiger partial charge in [0.1, 0.15) is 12.1 Å². The van der Waals surface area contributed by atoms with E-state index in [2.05, 4.69) is 27.0 Å².